The van der Waals surface area contributed by atoms with Gasteiger partial charge in [0.25, 0.3) is 0 Å². The SMILES string of the molecule is CN1C(CCC(=O)Nc2ccccc2)CNC(=O)C2C1CCN2Cc1ccc(F)cc1. The van der Waals surface area contributed by atoms with Gasteiger partial charge in [-0.2, -0.15) is 0 Å². The van der Waals surface area contributed by atoms with E-state index >= 15 is 0 Å². The van der Waals surface area contributed by atoms with Crippen molar-refractivity contribution in [3.8, 4) is 0 Å². The minimum atomic E-state index is -0.255. The first-order valence-electron chi connectivity index (χ1n) is 10.8. The molecule has 2 fully saturated rings. The van der Waals surface area contributed by atoms with E-state index in [-0.39, 0.29) is 35.8 Å². The average Bonchev–Trinajstić information content (AvgIpc) is 3.14. The largest absolute Gasteiger partial charge is 0.353 e. The van der Waals surface area contributed by atoms with Crippen LogP contribution in [-0.4, -0.2) is 59.9 Å². The highest BCUT2D eigenvalue weighted by molar-refractivity contribution is 5.90. The van der Waals surface area contributed by atoms with E-state index in [1.54, 1.807) is 12.1 Å². The van der Waals surface area contributed by atoms with Crippen LogP contribution in [0, 0.1) is 5.82 Å². The number of anilines is 1. The highest BCUT2D eigenvalue weighted by atomic mass is 19.1. The molecule has 2 amide bonds. The molecule has 0 aliphatic carbocycles. The molecule has 6 nitrogen and oxygen atoms in total. The molecule has 0 bridgehead atoms. The number of carbonyl (C=O) groups is 2. The fourth-order valence-electron chi connectivity index (χ4n) is 4.69. The molecule has 2 heterocycles. The quantitative estimate of drug-likeness (QED) is 0.748. The van der Waals surface area contributed by atoms with Gasteiger partial charge in [0.1, 0.15) is 11.9 Å². The summed E-state index contributed by atoms with van der Waals surface area (Å²) >= 11 is 0. The normalized spacial score (nSPS) is 24.3. The molecule has 164 valence electrons. The Morgan fingerprint density at radius 1 is 1.16 bits per heavy atom. The van der Waals surface area contributed by atoms with Crippen LogP contribution in [0.1, 0.15) is 24.8 Å². The number of likely N-dealkylation sites (N-methyl/N-ethyl adjacent to an activating group) is 1. The molecular weight excluding hydrogens is 395 g/mol. The van der Waals surface area contributed by atoms with Crippen LogP contribution < -0.4 is 10.6 Å². The number of para-hydroxylation sites is 1. The lowest BCUT2D eigenvalue weighted by molar-refractivity contribution is -0.126. The molecule has 2 N–H and O–H groups in total. The maximum Gasteiger partial charge on any atom is 0.239 e. The van der Waals surface area contributed by atoms with E-state index in [9.17, 15) is 14.0 Å². The number of halogens is 1. The van der Waals surface area contributed by atoms with Crippen molar-refractivity contribution in [1.82, 2.24) is 15.1 Å². The Morgan fingerprint density at radius 3 is 2.65 bits per heavy atom. The summed E-state index contributed by atoms with van der Waals surface area (Å²) in [5.41, 5.74) is 1.79. The Labute approximate surface area is 182 Å². The minimum Gasteiger partial charge on any atom is -0.353 e. The van der Waals surface area contributed by atoms with Gasteiger partial charge in [-0.1, -0.05) is 30.3 Å². The van der Waals surface area contributed by atoms with Gasteiger partial charge in [0.05, 0.1) is 0 Å². The van der Waals surface area contributed by atoms with Crippen LogP contribution in [0.5, 0.6) is 0 Å². The van der Waals surface area contributed by atoms with Crippen molar-refractivity contribution in [2.24, 2.45) is 0 Å². The van der Waals surface area contributed by atoms with Crippen molar-refractivity contribution in [1.29, 1.82) is 0 Å². The predicted octanol–water partition coefficient (Wildman–Crippen LogP) is 2.62. The Kier molecular flexibility index (Phi) is 6.63. The standard InChI is InChI=1S/C24H29FN4O2/c1-28-20(11-12-22(30)27-19-5-3-2-4-6-19)15-26-24(31)23-21(28)13-14-29(23)16-17-7-9-18(25)10-8-17/h2-10,20-21,23H,11-16H2,1H3,(H,26,31)(H,27,30). The fraction of sp³-hybridized carbons (Fsp3) is 0.417. The monoisotopic (exact) mass is 424 g/mol. The summed E-state index contributed by atoms with van der Waals surface area (Å²) in [6.07, 6.45) is 1.97. The summed E-state index contributed by atoms with van der Waals surface area (Å²) in [5.74, 6) is -0.238. The third kappa shape index (κ3) is 5.11. The molecule has 0 radical (unpaired) electrons. The smallest absolute Gasteiger partial charge is 0.239 e. The molecule has 2 aliphatic heterocycles. The van der Waals surface area contributed by atoms with Crippen molar-refractivity contribution in [2.45, 2.75) is 43.9 Å². The Morgan fingerprint density at radius 2 is 1.90 bits per heavy atom. The number of hydrogen-bond donors (Lipinski definition) is 2. The van der Waals surface area contributed by atoms with Crippen molar-refractivity contribution in [3.05, 3.63) is 66.0 Å². The van der Waals surface area contributed by atoms with Crippen LogP contribution in [-0.2, 0) is 16.1 Å². The number of likely N-dealkylation sites (tertiary alicyclic amines) is 1. The minimum absolute atomic E-state index is 0.0175. The molecule has 0 saturated carbocycles. The first-order chi connectivity index (χ1) is 15.0. The molecule has 2 aliphatic rings. The van der Waals surface area contributed by atoms with Crippen molar-refractivity contribution >= 4 is 17.5 Å². The van der Waals surface area contributed by atoms with E-state index in [2.05, 4.69) is 27.5 Å². The highest BCUT2D eigenvalue weighted by Gasteiger charge is 2.44. The summed E-state index contributed by atoms with van der Waals surface area (Å²) in [4.78, 5) is 29.7. The maximum atomic E-state index is 13.2. The van der Waals surface area contributed by atoms with Gasteiger partial charge in [-0.05, 0) is 49.7 Å². The van der Waals surface area contributed by atoms with Crippen molar-refractivity contribution < 1.29 is 14.0 Å². The van der Waals surface area contributed by atoms with Gasteiger partial charge < -0.3 is 10.6 Å². The fourth-order valence-corrected chi connectivity index (χ4v) is 4.69. The van der Waals surface area contributed by atoms with E-state index in [4.69, 9.17) is 0 Å². The third-order valence-corrected chi connectivity index (χ3v) is 6.41. The zero-order valence-electron chi connectivity index (χ0n) is 17.8. The summed E-state index contributed by atoms with van der Waals surface area (Å²) in [6.45, 7) is 1.96. The maximum absolute atomic E-state index is 13.2. The van der Waals surface area contributed by atoms with Gasteiger partial charge in [-0.15, -0.1) is 0 Å². The second-order valence-electron chi connectivity index (χ2n) is 8.42. The Hall–Kier alpha value is -2.77. The van der Waals surface area contributed by atoms with Gasteiger partial charge >= 0.3 is 0 Å². The molecule has 4 rings (SSSR count). The molecule has 2 aromatic rings. The Bertz CT molecular complexity index is 906. The summed E-state index contributed by atoms with van der Waals surface area (Å²) in [7, 11) is 2.05. The zero-order chi connectivity index (χ0) is 21.8. The average molecular weight is 425 g/mol. The number of nitrogens with one attached hydrogen (secondary N) is 2. The van der Waals surface area contributed by atoms with Gasteiger partial charge in [0.15, 0.2) is 0 Å². The molecular formula is C24H29FN4O2. The predicted molar refractivity (Wildman–Crippen MR) is 118 cm³/mol. The lowest BCUT2D eigenvalue weighted by Gasteiger charge is -2.33. The second kappa shape index (κ2) is 9.58. The molecule has 2 aromatic carbocycles. The molecule has 0 spiro atoms. The number of hydrogen-bond acceptors (Lipinski definition) is 4. The van der Waals surface area contributed by atoms with Crippen LogP contribution in [0.3, 0.4) is 0 Å². The summed E-state index contributed by atoms with van der Waals surface area (Å²) in [5, 5.41) is 6.01. The van der Waals surface area contributed by atoms with Crippen LogP contribution in [0.4, 0.5) is 10.1 Å². The third-order valence-electron chi connectivity index (χ3n) is 6.41. The molecule has 7 heteroatoms. The highest BCUT2D eigenvalue weighted by Crippen LogP contribution is 2.28. The van der Waals surface area contributed by atoms with Gasteiger partial charge in [0, 0.05) is 43.8 Å². The number of benzene rings is 2. The molecule has 3 unspecified atom stereocenters. The summed E-state index contributed by atoms with van der Waals surface area (Å²) < 4.78 is 13.2. The van der Waals surface area contributed by atoms with Gasteiger partial charge in [-0.25, -0.2) is 4.39 Å². The van der Waals surface area contributed by atoms with Crippen molar-refractivity contribution in [2.75, 3.05) is 25.5 Å². The number of nitrogens with zero attached hydrogens (tertiary/aromatic N) is 2. The zero-order valence-corrected chi connectivity index (χ0v) is 17.8. The first kappa shape index (κ1) is 21.5. The lowest BCUT2D eigenvalue weighted by Crippen LogP contribution is -2.49. The van der Waals surface area contributed by atoms with Gasteiger partial charge in [-0.3, -0.25) is 19.4 Å². The molecule has 3 atom stereocenters. The molecule has 2 saturated heterocycles. The van der Waals surface area contributed by atoms with Crippen LogP contribution in [0.15, 0.2) is 54.6 Å². The summed E-state index contributed by atoms with van der Waals surface area (Å²) in [6, 6.07) is 15.9. The van der Waals surface area contributed by atoms with E-state index in [0.29, 0.717) is 25.9 Å². The number of fused-ring (bicyclic) bond motifs is 1. The van der Waals surface area contributed by atoms with E-state index in [1.807, 2.05) is 30.3 Å². The van der Waals surface area contributed by atoms with E-state index < -0.39 is 0 Å². The number of rotatable bonds is 6. The van der Waals surface area contributed by atoms with Crippen LogP contribution in [0.25, 0.3) is 0 Å². The molecule has 31 heavy (non-hydrogen) atoms. The Balaban J connectivity index is 1.36. The number of carbonyl (C=O) groups excluding carboxylic acids is 2. The van der Waals surface area contributed by atoms with E-state index in [1.165, 1.54) is 12.1 Å². The second-order valence-corrected chi connectivity index (χ2v) is 8.42. The van der Waals surface area contributed by atoms with Gasteiger partial charge in [0.2, 0.25) is 11.8 Å². The van der Waals surface area contributed by atoms with Crippen LogP contribution in [0.2, 0.25) is 0 Å². The number of amides is 2. The molecule has 0 aromatic heterocycles. The topological polar surface area (TPSA) is 64.7 Å². The first-order valence-corrected chi connectivity index (χ1v) is 10.8. The van der Waals surface area contributed by atoms with Crippen LogP contribution >= 0.6 is 0 Å². The van der Waals surface area contributed by atoms with E-state index in [0.717, 1.165) is 24.2 Å². The lowest BCUT2D eigenvalue weighted by atomic mass is 10.0. The van der Waals surface area contributed by atoms with Crippen molar-refractivity contribution in [3.63, 3.8) is 0 Å².